The van der Waals surface area contributed by atoms with Crippen molar-refractivity contribution in [1.29, 1.82) is 0 Å². The largest absolute Gasteiger partial charge is 0.494 e. The molecule has 0 aliphatic carbocycles. The quantitative estimate of drug-likeness (QED) is 0.822. The highest BCUT2D eigenvalue weighted by Gasteiger charge is 2.03. The van der Waals surface area contributed by atoms with Crippen molar-refractivity contribution in [3.63, 3.8) is 0 Å². The molecule has 5 heteroatoms. The first-order valence-electron chi connectivity index (χ1n) is 7.07. The summed E-state index contributed by atoms with van der Waals surface area (Å²) in [6.07, 6.45) is 0.748. The van der Waals surface area contributed by atoms with Gasteiger partial charge in [-0.1, -0.05) is 12.1 Å². The first-order chi connectivity index (χ1) is 10.1. The van der Waals surface area contributed by atoms with Crippen LogP contribution in [0.1, 0.15) is 23.5 Å². The number of aryl methyl sites for hydroxylation is 2. The van der Waals surface area contributed by atoms with E-state index in [0.717, 1.165) is 29.3 Å². The summed E-state index contributed by atoms with van der Waals surface area (Å²) in [5.74, 6) is 1.55. The lowest BCUT2D eigenvalue weighted by Gasteiger charge is -2.11. The maximum atomic E-state index is 11.9. The molecule has 1 aromatic heterocycles. The molecule has 0 saturated heterocycles. The monoisotopic (exact) mass is 287 g/mol. The topological polar surface area (TPSA) is 70.1 Å². The number of hydrogen-bond acceptors (Lipinski definition) is 4. The van der Waals surface area contributed by atoms with Crippen molar-refractivity contribution in [3.8, 4) is 5.75 Å². The van der Waals surface area contributed by atoms with E-state index in [9.17, 15) is 4.79 Å². The van der Waals surface area contributed by atoms with Crippen LogP contribution in [0.5, 0.6) is 5.75 Å². The van der Waals surface area contributed by atoms with E-state index >= 15 is 0 Å². The van der Waals surface area contributed by atoms with E-state index < -0.39 is 0 Å². The first kappa shape index (κ1) is 15.3. The molecule has 0 aliphatic rings. The average Bonchev–Trinajstić information content (AvgIpc) is 2.45. The highest BCUT2D eigenvalue weighted by molar-refractivity contribution is 5.28. The van der Waals surface area contributed by atoms with Crippen LogP contribution in [-0.2, 0) is 13.1 Å². The second-order valence-electron chi connectivity index (χ2n) is 4.99. The molecular weight excluding hydrogens is 266 g/mol. The second-order valence-corrected chi connectivity index (χ2v) is 4.99. The summed E-state index contributed by atoms with van der Waals surface area (Å²) < 4.78 is 7.36. The van der Waals surface area contributed by atoms with Gasteiger partial charge in [-0.05, 0) is 38.0 Å². The molecule has 2 rings (SSSR count). The minimum absolute atomic E-state index is 0.00914. The Balaban J connectivity index is 1.89. The number of aromatic nitrogens is 2. The summed E-state index contributed by atoms with van der Waals surface area (Å²) in [6, 6.07) is 9.29. The maximum absolute atomic E-state index is 11.9. The van der Waals surface area contributed by atoms with Crippen LogP contribution in [0, 0.1) is 13.8 Å². The Bertz CT molecular complexity index is 665. The van der Waals surface area contributed by atoms with E-state index in [1.165, 1.54) is 0 Å². The molecule has 2 aromatic rings. The van der Waals surface area contributed by atoms with Gasteiger partial charge in [0.05, 0.1) is 6.61 Å². The van der Waals surface area contributed by atoms with Crippen molar-refractivity contribution in [3.05, 3.63) is 57.8 Å². The predicted molar refractivity (Wildman–Crippen MR) is 82.4 cm³/mol. The van der Waals surface area contributed by atoms with Crippen molar-refractivity contribution < 1.29 is 4.74 Å². The second kappa shape index (κ2) is 7.04. The highest BCUT2D eigenvalue weighted by Crippen LogP contribution is 2.13. The van der Waals surface area contributed by atoms with Crippen molar-refractivity contribution in [2.24, 2.45) is 5.73 Å². The average molecular weight is 287 g/mol. The van der Waals surface area contributed by atoms with E-state index in [2.05, 4.69) is 4.98 Å². The molecule has 1 heterocycles. The number of nitrogens with two attached hydrogens (primary N) is 1. The number of benzene rings is 1. The first-order valence-corrected chi connectivity index (χ1v) is 7.07. The maximum Gasteiger partial charge on any atom is 0.253 e. The van der Waals surface area contributed by atoms with Crippen molar-refractivity contribution in [1.82, 2.24) is 9.55 Å². The molecule has 0 fully saturated rings. The summed E-state index contributed by atoms with van der Waals surface area (Å²) in [5.41, 5.74) is 7.38. The van der Waals surface area contributed by atoms with Gasteiger partial charge in [-0.15, -0.1) is 0 Å². The van der Waals surface area contributed by atoms with Gasteiger partial charge in [0.1, 0.15) is 11.6 Å². The molecule has 0 unspecified atom stereocenters. The van der Waals surface area contributed by atoms with Gasteiger partial charge in [0, 0.05) is 24.8 Å². The molecule has 2 N–H and O–H groups in total. The Morgan fingerprint density at radius 2 is 2.10 bits per heavy atom. The van der Waals surface area contributed by atoms with E-state index in [1.807, 2.05) is 38.1 Å². The molecule has 112 valence electrons. The highest BCUT2D eigenvalue weighted by atomic mass is 16.5. The van der Waals surface area contributed by atoms with Crippen LogP contribution in [0.25, 0.3) is 0 Å². The zero-order valence-electron chi connectivity index (χ0n) is 12.5. The van der Waals surface area contributed by atoms with Crippen LogP contribution in [0.2, 0.25) is 0 Å². The number of rotatable bonds is 6. The standard InChI is InChI=1S/C16H21N3O2/c1-12-9-16(20)19(13(2)18-12)7-4-8-21-15-6-3-5-14(10-15)11-17/h3,5-6,9-10H,4,7-8,11,17H2,1-2H3. The van der Waals surface area contributed by atoms with Gasteiger partial charge in [-0.3, -0.25) is 9.36 Å². The zero-order chi connectivity index (χ0) is 15.2. The van der Waals surface area contributed by atoms with E-state index in [-0.39, 0.29) is 5.56 Å². The molecule has 0 spiro atoms. The van der Waals surface area contributed by atoms with Crippen LogP contribution >= 0.6 is 0 Å². The summed E-state index contributed by atoms with van der Waals surface area (Å²) >= 11 is 0. The Labute approximate surface area is 124 Å². The lowest BCUT2D eigenvalue weighted by Crippen LogP contribution is -2.24. The van der Waals surface area contributed by atoms with Crippen LogP contribution in [0.4, 0.5) is 0 Å². The molecule has 1 aromatic carbocycles. The molecule has 0 aliphatic heterocycles. The minimum atomic E-state index is -0.00914. The minimum Gasteiger partial charge on any atom is -0.494 e. The molecule has 0 atom stereocenters. The molecule has 0 bridgehead atoms. The SMILES string of the molecule is Cc1cc(=O)n(CCCOc2cccc(CN)c2)c(C)n1. The molecule has 0 radical (unpaired) electrons. The fourth-order valence-corrected chi connectivity index (χ4v) is 2.21. The Hall–Kier alpha value is -2.14. The number of ether oxygens (including phenoxy) is 1. The Kier molecular flexibility index (Phi) is 5.11. The van der Waals surface area contributed by atoms with Crippen LogP contribution < -0.4 is 16.0 Å². The fourth-order valence-electron chi connectivity index (χ4n) is 2.21. The van der Waals surface area contributed by atoms with Crippen molar-refractivity contribution in [2.45, 2.75) is 33.4 Å². The van der Waals surface area contributed by atoms with Crippen LogP contribution in [0.3, 0.4) is 0 Å². The number of hydrogen-bond donors (Lipinski definition) is 1. The summed E-state index contributed by atoms with van der Waals surface area (Å²) in [7, 11) is 0. The van der Waals surface area contributed by atoms with Crippen LogP contribution in [0.15, 0.2) is 35.1 Å². The van der Waals surface area contributed by atoms with Gasteiger partial charge in [0.25, 0.3) is 5.56 Å². The third-order valence-corrected chi connectivity index (χ3v) is 3.26. The van der Waals surface area contributed by atoms with Gasteiger partial charge in [0.15, 0.2) is 0 Å². The third kappa shape index (κ3) is 4.16. The summed E-state index contributed by atoms with van der Waals surface area (Å²) in [4.78, 5) is 16.2. The normalized spacial score (nSPS) is 10.6. The van der Waals surface area contributed by atoms with Gasteiger partial charge in [-0.2, -0.15) is 0 Å². The van der Waals surface area contributed by atoms with E-state index in [1.54, 1.807) is 10.6 Å². The number of nitrogens with zero attached hydrogens (tertiary/aromatic N) is 2. The van der Waals surface area contributed by atoms with Gasteiger partial charge in [0.2, 0.25) is 0 Å². The third-order valence-electron chi connectivity index (χ3n) is 3.26. The molecule has 0 amide bonds. The molecular formula is C16H21N3O2. The Morgan fingerprint density at radius 3 is 2.81 bits per heavy atom. The predicted octanol–water partition coefficient (Wildman–Crippen LogP) is 1.79. The Morgan fingerprint density at radius 1 is 1.29 bits per heavy atom. The van der Waals surface area contributed by atoms with E-state index in [0.29, 0.717) is 19.7 Å². The molecule has 0 saturated carbocycles. The van der Waals surface area contributed by atoms with Crippen molar-refractivity contribution >= 4 is 0 Å². The summed E-state index contributed by atoms with van der Waals surface area (Å²) in [5, 5.41) is 0. The lowest BCUT2D eigenvalue weighted by atomic mass is 10.2. The van der Waals surface area contributed by atoms with Gasteiger partial charge < -0.3 is 10.5 Å². The van der Waals surface area contributed by atoms with E-state index in [4.69, 9.17) is 10.5 Å². The molecule has 21 heavy (non-hydrogen) atoms. The van der Waals surface area contributed by atoms with Crippen LogP contribution in [-0.4, -0.2) is 16.2 Å². The molecule has 5 nitrogen and oxygen atoms in total. The van der Waals surface area contributed by atoms with Gasteiger partial charge >= 0.3 is 0 Å². The lowest BCUT2D eigenvalue weighted by molar-refractivity contribution is 0.299. The zero-order valence-corrected chi connectivity index (χ0v) is 12.5. The van der Waals surface area contributed by atoms with Gasteiger partial charge in [-0.25, -0.2) is 4.98 Å². The fraction of sp³-hybridized carbons (Fsp3) is 0.375. The smallest absolute Gasteiger partial charge is 0.253 e. The van der Waals surface area contributed by atoms with Crippen molar-refractivity contribution in [2.75, 3.05) is 6.61 Å². The summed E-state index contributed by atoms with van der Waals surface area (Å²) in [6.45, 7) is 5.33.